The molecule has 1 heterocycles. The largest absolute Gasteiger partial charge is 0.309 e. The number of halogens is 2. The molecule has 0 radical (unpaired) electrons. The predicted octanol–water partition coefficient (Wildman–Crippen LogP) is 4.31. The van der Waals surface area contributed by atoms with Crippen LogP contribution in [0, 0.1) is 0 Å². The molecule has 8 heteroatoms. The Morgan fingerprint density at radius 1 is 1.20 bits per heavy atom. The van der Waals surface area contributed by atoms with Gasteiger partial charge in [0.1, 0.15) is 4.90 Å². The molecule has 1 amide bonds. The molecule has 0 saturated carbocycles. The van der Waals surface area contributed by atoms with Crippen molar-refractivity contribution in [2.75, 3.05) is 9.62 Å². The Bertz CT molecular complexity index is 960. The molecule has 1 atom stereocenters. The van der Waals surface area contributed by atoms with Gasteiger partial charge in [-0.1, -0.05) is 12.1 Å². The van der Waals surface area contributed by atoms with Gasteiger partial charge in [-0.25, -0.2) is 8.42 Å². The predicted molar refractivity (Wildman–Crippen MR) is 105 cm³/mol. The molecule has 1 aliphatic rings. The van der Waals surface area contributed by atoms with Crippen LogP contribution in [0.5, 0.6) is 0 Å². The van der Waals surface area contributed by atoms with Crippen LogP contribution in [0.25, 0.3) is 0 Å². The maximum atomic E-state index is 12.9. The fraction of sp³-hybridized carbons (Fsp3) is 0.235. The van der Waals surface area contributed by atoms with Crippen molar-refractivity contribution in [2.24, 2.45) is 0 Å². The first-order valence-electron chi connectivity index (χ1n) is 7.60. The van der Waals surface area contributed by atoms with E-state index in [1.54, 1.807) is 41.3 Å². The molecule has 0 bridgehead atoms. The number of anilines is 2. The zero-order valence-corrected chi connectivity index (χ0v) is 17.6. The van der Waals surface area contributed by atoms with Crippen molar-refractivity contribution >= 4 is 59.2 Å². The zero-order valence-electron chi connectivity index (χ0n) is 13.6. The molecule has 0 spiro atoms. The molecule has 25 heavy (non-hydrogen) atoms. The molecule has 0 aromatic heterocycles. The van der Waals surface area contributed by atoms with Crippen molar-refractivity contribution in [3.05, 3.63) is 50.9 Å². The third kappa shape index (κ3) is 3.47. The van der Waals surface area contributed by atoms with Gasteiger partial charge in [-0.3, -0.25) is 9.52 Å². The highest BCUT2D eigenvalue weighted by Crippen LogP contribution is 2.38. The summed E-state index contributed by atoms with van der Waals surface area (Å²) in [7, 11) is -3.82. The van der Waals surface area contributed by atoms with E-state index in [-0.39, 0.29) is 16.8 Å². The molecule has 3 rings (SSSR count). The molecule has 2 aromatic rings. The number of para-hydroxylation sites is 1. The Morgan fingerprint density at radius 3 is 2.52 bits per heavy atom. The average molecular weight is 488 g/mol. The quantitative estimate of drug-likeness (QED) is 0.701. The second-order valence-electron chi connectivity index (χ2n) is 5.94. The van der Waals surface area contributed by atoms with E-state index < -0.39 is 10.0 Å². The Balaban J connectivity index is 2.06. The van der Waals surface area contributed by atoms with Gasteiger partial charge in [-0.2, -0.15) is 0 Å². The van der Waals surface area contributed by atoms with Crippen molar-refractivity contribution in [3.8, 4) is 0 Å². The summed E-state index contributed by atoms with van der Waals surface area (Å²) in [6, 6.07) is 10.3. The minimum Gasteiger partial charge on any atom is -0.309 e. The maximum Gasteiger partial charge on any atom is 0.263 e. The first kappa shape index (κ1) is 18.4. The van der Waals surface area contributed by atoms with E-state index in [0.717, 1.165) is 5.56 Å². The lowest BCUT2D eigenvalue weighted by atomic mass is 10.1. The highest BCUT2D eigenvalue weighted by Gasteiger charge is 2.32. The molecule has 2 aromatic carbocycles. The third-order valence-corrected chi connectivity index (χ3v) is 7.11. The summed E-state index contributed by atoms with van der Waals surface area (Å²) < 4.78 is 29.4. The summed E-state index contributed by atoms with van der Waals surface area (Å²) in [4.78, 5) is 13.7. The highest BCUT2D eigenvalue weighted by molar-refractivity contribution is 9.11. The molecular weight excluding hydrogens is 472 g/mol. The summed E-state index contributed by atoms with van der Waals surface area (Å²) in [5, 5.41) is 0. The van der Waals surface area contributed by atoms with E-state index in [1.807, 2.05) is 6.92 Å². The van der Waals surface area contributed by atoms with Crippen LogP contribution in [0.2, 0.25) is 0 Å². The minimum absolute atomic E-state index is 0.00795. The molecule has 1 unspecified atom stereocenters. The Kier molecular flexibility index (Phi) is 4.96. The topological polar surface area (TPSA) is 66.5 Å². The number of carbonyl (C=O) groups excluding carboxylic acids is 1. The number of benzene rings is 2. The molecule has 5 nitrogen and oxygen atoms in total. The van der Waals surface area contributed by atoms with Gasteiger partial charge < -0.3 is 4.90 Å². The highest BCUT2D eigenvalue weighted by atomic mass is 79.9. The van der Waals surface area contributed by atoms with E-state index in [0.29, 0.717) is 26.7 Å². The molecule has 1 N–H and O–H groups in total. The van der Waals surface area contributed by atoms with Crippen molar-refractivity contribution in [3.63, 3.8) is 0 Å². The molecule has 1 aliphatic heterocycles. The van der Waals surface area contributed by atoms with Crippen LogP contribution in [0.15, 0.2) is 50.2 Å². The van der Waals surface area contributed by atoms with Crippen LogP contribution in [-0.2, 0) is 21.2 Å². The van der Waals surface area contributed by atoms with Crippen LogP contribution in [0.4, 0.5) is 11.4 Å². The molecule has 0 aliphatic carbocycles. The van der Waals surface area contributed by atoms with E-state index >= 15 is 0 Å². The molecule has 0 saturated heterocycles. The van der Waals surface area contributed by atoms with Crippen molar-refractivity contribution in [2.45, 2.75) is 31.2 Å². The number of rotatable bonds is 3. The van der Waals surface area contributed by atoms with Crippen LogP contribution < -0.4 is 9.62 Å². The Labute approximate surface area is 163 Å². The van der Waals surface area contributed by atoms with E-state index in [1.165, 1.54) is 6.92 Å². The second-order valence-corrected chi connectivity index (χ2v) is 9.30. The number of hydrogen-bond donors (Lipinski definition) is 1. The Morgan fingerprint density at radius 2 is 1.88 bits per heavy atom. The molecular formula is C17H16Br2N2O3S. The van der Waals surface area contributed by atoms with Gasteiger partial charge in [0.2, 0.25) is 5.91 Å². The third-order valence-electron chi connectivity index (χ3n) is 4.10. The van der Waals surface area contributed by atoms with Gasteiger partial charge in [0.25, 0.3) is 10.0 Å². The van der Waals surface area contributed by atoms with Crippen molar-refractivity contribution in [1.82, 2.24) is 0 Å². The zero-order chi connectivity index (χ0) is 18.4. The van der Waals surface area contributed by atoms with Crippen LogP contribution in [-0.4, -0.2) is 20.4 Å². The maximum absolute atomic E-state index is 12.9. The number of carbonyl (C=O) groups is 1. The SMILES string of the molecule is CC(=O)N1c2cc(S(=O)(=O)Nc3ccccc3Br)c(Br)cc2CC1C. The smallest absolute Gasteiger partial charge is 0.263 e. The molecule has 132 valence electrons. The van der Waals surface area contributed by atoms with Crippen LogP contribution in [0.3, 0.4) is 0 Å². The average Bonchev–Trinajstić information content (AvgIpc) is 2.83. The van der Waals surface area contributed by atoms with Gasteiger partial charge >= 0.3 is 0 Å². The number of nitrogens with zero attached hydrogens (tertiary/aromatic N) is 1. The van der Waals surface area contributed by atoms with Crippen molar-refractivity contribution < 1.29 is 13.2 Å². The summed E-state index contributed by atoms with van der Waals surface area (Å²) in [6.07, 6.45) is 0.700. The van der Waals surface area contributed by atoms with Gasteiger partial charge in [0.15, 0.2) is 0 Å². The summed E-state index contributed by atoms with van der Waals surface area (Å²) in [5.74, 6) is -0.101. The number of fused-ring (bicyclic) bond motifs is 1. The number of amides is 1. The number of hydrogen-bond acceptors (Lipinski definition) is 3. The van der Waals surface area contributed by atoms with Crippen LogP contribution >= 0.6 is 31.9 Å². The first-order chi connectivity index (χ1) is 11.7. The second kappa shape index (κ2) is 6.74. The fourth-order valence-electron chi connectivity index (χ4n) is 3.05. The van der Waals surface area contributed by atoms with E-state index in [4.69, 9.17) is 0 Å². The lowest BCUT2D eigenvalue weighted by Gasteiger charge is -2.21. The lowest BCUT2D eigenvalue weighted by molar-refractivity contribution is -0.116. The lowest BCUT2D eigenvalue weighted by Crippen LogP contribution is -2.33. The summed E-state index contributed by atoms with van der Waals surface area (Å²) >= 11 is 6.69. The normalized spacial score (nSPS) is 16.6. The van der Waals surface area contributed by atoms with Gasteiger partial charge in [-0.15, -0.1) is 0 Å². The van der Waals surface area contributed by atoms with Gasteiger partial charge in [0.05, 0.1) is 5.69 Å². The van der Waals surface area contributed by atoms with Crippen LogP contribution in [0.1, 0.15) is 19.4 Å². The standard InChI is InChI=1S/C17H16Br2N2O3S/c1-10-7-12-8-14(19)17(9-16(12)21(10)11(2)22)25(23,24)20-15-6-4-3-5-13(15)18/h3-6,8-10,20H,7H2,1-2H3. The minimum atomic E-state index is -3.82. The fourth-order valence-corrected chi connectivity index (χ4v) is 5.75. The summed E-state index contributed by atoms with van der Waals surface area (Å²) in [6.45, 7) is 3.43. The van der Waals surface area contributed by atoms with Crippen molar-refractivity contribution in [1.29, 1.82) is 0 Å². The molecule has 0 fully saturated rings. The summed E-state index contributed by atoms with van der Waals surface area (Å²) in [5.41, 5.74) is 2.05. The van der Waals surface area contributed by atoms with Gasteiger partial charge in [0, 0.05) is 27.6 Å². The van der Waals surface area contributed by atoms with E-state index in [9.17, 15) is 13.2 Å². The number of nitrogens with one attached hydrogen (secondary N) is 1. The first-order valence-corrected chi connectivity index (χ1v) is 10.7. The Hall–Kier alpha value is -1.38. The van der Waals surface area contributed by atoms with Gasteiger partial charge in [-0.05, 0) is 75.0 Å². The number of sulfonamides is 1. The van der Waals surface area contributed by atoms with E-state index in [2.05, 4.69) is 36.6 Å². The monoisotopic (exact) mass is 486 g/mol.